The summed E-state index contributed by atoms with van der Waals surface area (Å²) in [4.78, 5) is 23.5. The minimum atomic E-state index is -0.531. The Morgan fingerprint density at radius 2 is 1.95 bits per heavy atom. The van der Waals surface area contributed by atoms with Gasteiger partial charge in [-0.2, -0.15) is 0 Å². The predicted molar refractivity (Wildman–Crippen MR) is 78.9 cm³/mol. The van der Waals surface area contributed by atoms with Crippen molar-refractivity contribution < 1.29 is 19.4 Å². The molecule has 2 N–H and O–H groups in total. The van der Waals surface area contributed by atoms with Crippen molar-refractivity contribution in [2.75, 3.05) is 12.4 Å². The average Bonchev–Trinajstić information content (AvgIpc) is 2.49. The lowest BCUT2D eigenvalue weighted by atomic mass is 10.1. The molecule has 21 heavy (non-hydrogen) atoms. The molecule has 2 aromatic carbocycles. The van der Waals surface area contributed by atoms with Crippen molar-refractivity contribution in [3.8, 4) is 5.75 Å². The van der Waals surface area contributed by atoms with Crippen LogP contribution in [0.3, 0.4) is 0 Å². The number of phenols is 1. The molecule has 0 aliphatic rings. The van der Waals surface area contributed by atoms with Crippen molar-refractivity contribution in [2.45, 2.75) is 0 Å². The van der Waals surface area contributed by atoms with E-state index in [-0.39, 0.29) is 11.3 Å². The van der Waals surface area contributed by atoms with E-state index in [9.17, 15) is 14.7 Å². The predicted octanol–water partition coefficient (Wildman–Crippen LogP) is 3.08. The maximum Gasteiger partial charge on any atom is 0.337 e. The minimum absolute atomic E-state index is 0.0472. The van der Waals surface area contributed by atoms with Crippen molar-refractivity contribution in [3.05, 3.63) is 58.6 Å². The Morgan fingerprint density at radius 1 is 1.19 bits per heavy atom. The summed E-state index contributed by atoms with van der Waals surface area (Å²) < 4.78 is 4.61. The number of amides is 1. The van der Waals surface area contributed by atoms with E-state index in [0.29, 0.717) is 16.3 Å². The van der Waals surface area contributed by atoms with Gasteiger partial charge in [-0.05, 0) is 36.4 Å². The lowest BCUT2D eigenvalue weighted by molar-refractivity contribution is 0.0600. The number of rotatable bonds is 3. The molecule has 108 valence electrons. The number of benzene rings is 2. The van der Waals surface area contributed by atoms with Crippen LogP contribution >= 0.6 is 11.6 Å². The summed E-state index contributed by atoms with van der Waals surface area (Å²) in [5.41, 5.74) is 0.763. The van der Waals surface area contributed by atoms with Crippen LogP contribution in [0.5, 0.6) is 5.75 Å². The molecule has 0 saturated carbocycles. The molecular formula is C15H12ClNO4. The zero-order chi connectivity index (χ0) is 15.4. The zero-order valence-electron chi connectivity index (χ0n) is 11.1. The van der Waals surface area contributed by atoms with E-state index in [1.807, 2.05) is 0 Å². The van der Waals surface area contributed by atoms with Gasteiger partial charge in [-0.3, -0.25) is 4.79 Å². The molecule has 0 aromatic heterocycles. The van der Waals surface area contributed by atoms with Gasteiger partial charge >= 0.3 is 5.97 Å². The van der Waals surface area contributed by atoms with Crippen LogP contribution < -0.4 is 5.32 Å². The van der Waals surface area contributed by atoms with Gasteiger partial charge in [-0.25, -0.2) is 4.79 Å². The molecule has 0 fully saturated rings. The largest absolute Gasteiger partial charge is 0.507 e. The summed E-state index contributed by atoms with van der Waals surface area (Å²) in [5, 5.41) is 12.6. The van der Waals surface area contributed by atoms with Crippen LogP contribution in [-0.4, -0.2) is 24.1 Å². The van der Waals surface area contributed by atoms with Gasteiger partial charge in [0.1, 0.15) is 5.75 Å². The van der Waals surface area contributed by atoms with Gasteiger partial charge in [-0.15, -0.1) is 0 Å². The number of anilines is 1. The fraction of sp³-hybridized carbons (Fsp3) is 0.0667. The minimum Gasteiger partial charge on any atom is -0.507 e. The molecule has 1 amide bonds. The van der Waals surface area contributed by atoms with Gasteiger partial charge in [0.15, 0.2) is 0 Å². The Kier molecular flexibility index (Phi) is 4.45. The van der Waals surface area contributed by atoms with E-state index in [0.717, 1.165) is 0 Å². The van der Waals surface area contributed by atoms with Gasteiger partial charge in [0.2, 0.25) is 0 Å². The second kappa shape index (κ2) is 6.28. The molecule has 0 aliphatic carbocycles. The van der Waals surface area contributed by atoms with Gasteiger partial charge in [0.05, 0.1) is 18.2 Å². The Hall–Kier alpha value is -2.53. The first kappa shape index (κ1) is 14.9. The molecule has 5 nitrogen and oxygen atoms in total. The van der Waals surface area contributed by atoms with Crippen LogP contribution in [0.25, 0.3) is 0 Å². The second-order valence-corrected chi connectivity index (χ2v) is 4.62. The highest BCUT2D eigenvalue weighted by atomic mass is 35.5. The van der Waals surface area contributed by atoms with Crippen LogP contribution in [-0.2, 0) is 4.74 Å². The number of methoxy groups -OCH3 is 1. The number of nitrogens with one attached hydrogen (secondary N) is 1. The number of esters is 1. The van der Waals surface area contributed by atoms with Crippen molar-refractivity contribution in [3.63, 3.8) is 0 Å². The monoisotopic (exact) mass is 305 g/mol. The average molecular weight is 306 g/mol. The molecule has 0 unspecified atom stereocenters. The van der Waals surface area contributed by atoms with Crippen LogP contribution in [0.1, 0.15) is 20.7 Å². The standard InChI is InChI=1S/C15H12ClNO4/c1-21-15(20)9-3-2-4-11(7-9)17-14(19)12-8-10(16)5-6-13(12)18/h2-8,18H,1H3,(H,17,19). The molecule has 6 heteroatoms. The molecule has 0 saturated heterocycles. The van der Waals surface area contributed by atoms with Gasteiger partial charge in [0.25, 0.3) is 5.91 Å². The number of phenolic OH excluding ortho intramolecular Hbond substituents is 1. The SMILES string of the molecule is COC(=O)c1cccc(NC(=O)c2cc(Cl)ccc2O)c1. The van der Waals surface area contributed by atoms with Crippen molar-refractivity contribution in [1.29, 1.82) is 0 Å². The van der Waals surface area contributed by atoms with Crippen molar-refractivity contribution in [1.82, 2.24) is 0 Å². The highest BCUT2D eigenvalue weighted by Gasteiger charge is 2.13. The maximum absolute atomic E-state index is 12.1. The third kappa shape index (κ3) is 3.52. The number of carbonyl (C=O) groups is 2. The highest BCUT2D eigenvalue weighted by Crippen LogP contribution is 2.23. The molecule has 0 radical (unpaired) electrons. The number of carbonyl (C=O) groups excluding carboxylic acids is 2. The fourth-order valence-electron chi connectivity index (χ4n) is 1.73. The van der Waals surface area contributed by atoms with Crippen molar-refractivity contribution >= 4 is 29.2 Å². The number of aromatic hydroxyl groups is 1. The van der Waals surface area contributed by atoms with Crippen LogP contribution in [0.4, 0.5) is 5.69 Å². The van der Waals surface area contributed by atoms with E-state index >= 15 is 0 Å². The zero-order valence-corrected chi connectivity index (χ0v) is 11.8. The molecule has 0 spiro atoms. The van der Waals surface area contributed by atoms with Crippen molar-refractivity contribution in [2.24, 2.45) is 0 Å². The molecule has 2 rings (SSSR count). The van der Waals surface area contributed by atoms with E-state index in [1.165, 1.54) is 31.4 Å². The second-order valence-electron chi connectivity index (χ2n) is 4.19. The number of halogens is 1. The molecule has 0 aliphatic heterocycles. The Bertz CT molecular complexity index is 700. The maximum atomic E-state index is 12.1. The van der Waals surface area contributed by atoms with Crippen LogP contribution in [0, 0.1) is 0 Å². The van der Waals surface area contributed by atoms with Crippen LogP contribution in [0.15, 0.2) is 42.5 Å². The summed E-state index contributed by atoms with van der Waals surface area (Å²) in [5.74, 6) is -1.21. The van der Waals surface area contributed by atoms with E-state index in [1.54, 1.807) is 18.2 Å². The Labute approximate surface area is 126 Å². The summed E-state index contributed by atoms with van der Waals surface area (Å²) in [6.07, 6.45) is 0. The Morgan fingerprint density at radius 3 is 2.67 bits per heavy atom. The number of ether oxygens (including phenoxy) is 1. The highest BCUT2D eigenvalue weighted by molar-refractivity contribution is 6.31. The topological polar surface area (TPSA) is 75.6 Å². The number of hydrogen-bond donors (Lipinski definition) is 2. The summed E-state index contributed by atoms with van der Waals surface area (Å²) in [6.45, 7) is 0. The lowest BCUT2D eigenvalue weighted by Gasteiger charge is -2.08. The third-order valence-corrected chi connectivity index (χ3v) is 2.98. The van der Waals surface area contributed by atoms with Crippen LogP contribution in [0.2, 0.25) is 5.02 Å². The first-order chi connectivity index (χ1) is 10.0. The molecular weight excluding hydrogens is 294 g/mol. The number of hydrogen-bond acceptors (Lipinski definition) is 4. The smallest absolute Gasteiger partial charge is 0.337 e. The van der Waals surface area contributed by atoms with Gasteiger partial charge in [-0.1, -0.05) is 17.7 Å². The summed E-state index contributed by atoms with van der Waals surface area (Å²) in [7, 11) is 1.28. The lowest BCUT2D eigenvalue weighted by Crippen LogP contribution is -2.12. The van der Waals surface area contributed by atoms with Gasteiger partial charge in [0, 0.05) is 10.7 Å². The molecule has 0 atom stereocenters. The summed E-state index contributed by atoms with van der Waals surface area (Å²) in [6, 6.07) is 10.4. The Balaban J connectivity index is 2.23. The molecule has 0 bridgehead atoms. The third-order valence-electron chi connectivity index (χ3n) is 2.74. The molecule has 0 heterocycles. The molecule has 2 aromatic rings. The first-order valence-electron chi connectivity index (χ1n) is 5.99. The quantitative estimate of drug-likeness (QED) is 0.854. The van der Waals surface area contributed by atoms with E-state index in [4.69, 9.17) is 11.6 Å². The van der Waals surface area contributed by atoms with E-state index < -0.39 is 11.9 Å². The normalized spacial score (nSPS) is 10.0. The summed E-state index contributed by atoms with van der Waals surface area (Å²) >= 11 is 5.80. The van der Waals surface area contributed by atoms with Gasteiger partial charge < -0.3 is 15.2 Å². The van der Waals surface area contributed by atoms with E-state index in [2.05, 4.69) is 10.1 Å². The first-order valence-corrected chi connectivity index (χ1v) is 6.37. The fourth-order valence-corrected chi connectivity index (χ4v) is 1.90.